The number of anilines is 2. The topological polar surface area (TPSA) is 88.2 Å². The fourth-order valence-electron chi connectivity index (χ4n) is 1.55. The van der Waals surface area contributed by atoms with Crippen molar-refractivity contribution in [2.24, 2.45) is 0 Å². The summed E-state index contributed by atoms with van der Waals surface area (Å²) in [6, 6.07) is 10.2. The monoisotopic (exact) mass is 243 g/mol. The van der Waals surface area contributed by atoms with Crippen LogP contribution in [0.2, 0.25) is 0 Å². The highest BCUT2D eigenvalue weighted by molar-refractivity contribution is 5.90. The number of carboxylic acids is 1. The van der Waals surface area contributed by atoms with E-state index in [4.69, 9.17) is 10.8 Å². The molecule has 0 aliphatic rings. The molecule has 5 nitrogen and oxygen atoms in total. The maximum atomic E-state index is 10.8. The lowest BCUT2D eigenvalue weighted by Gasteiger charge is -2.09. The summed E-state index contributed by atoms with van der Waals surface area (Å²) in [5, 5.41) is 11.9. The zero-order valence-corrected chi connectivity index (χ0v) is 9.63. The highest BCUT2D eigenvalue weighted by Gasteiger charge is 2.06. The lowest BCUT2D eigenvalue weighted by atomic mass is 10.1. The predicted molar refractivity (Wildman–Crippen MR) is 69.4 cm³/mol. The van der Waals surface area contributed by atoms with Crippen LogP contribution in [0.25, 0.3) is 0 Å². The minimum atomic E-state index is -0.988. The van der Waals surface area contributed by atoms with E-state index in [0.29, 0.717) is 17.9 Å². The Morgan fingerprint density at radius 1 is 1.33 bits per heavy atom. The van der Waals surface area contributed by atoms with Gasteiger partial charge in [0.1, 0.15) is 0 Å². The molecule has 4 N–H and O–H groups in total. The van der Waals surface area contributed by atoms with Crippen molar-refractivity contribution in [3.8, 4) is 0 Å². The Morgan fingerprint density at radius 3 is 2.78 bits per heavy atom. The Morgan fingerprint density at radius 2 is 2.17 bits per heavy atom. The summed E-state index contributed by atoms with van der Waals surface area (Å²) < 4.78 is 0. The number of pyridine rings is 1. The van der Waals surface area contributed by atoms with Crippen molar-refractivity contribution in [2.75, 3.05) is 11.1 Å². The number of nitrogens with one attached hydrogen (secondary N) is 1. The summed E-state index contributed by atoms with van der Waals surface area (Å²) in [6.45, 7) is 0.539. The van der Waals surface area contributed by atoms with E-state index in [0.717, 1.165) is 5.69 Å². The van der Waals surface area contributed by atoms with Crippen LogP contribution in [0.4, 0.5) is 11.4 Å². The maximum absolute atomic E-state index is 10.8. The second-order valence-corrected chi connectivity index (χ2v) is 3.78. The van der Waals surface area contributed by atoms with E-state index >= 15 is 0 Å². The number of carbonyl (C=O) groups is 1. The Hall–Kier alpha value is -2.56. The predicted octanol–water partition coefficient (Wildman–Crippen LogP) is 1.97. The molecule has 0 unspecified atom stereocenters. The average molecular weight is 243 g/mol. The zero-order valence-electron chi connectivity index (χ0n) is 9.63. The number of aromatic carboxylic acids is 1. The fraction of sp³-hybridized carbons (Fsp3) is 0.0769. The second kappa shape index (κ2) is 5.18. The lowest BCUT2D eigenvalue weighted by molar-refractivity contribution is 0.0697. The largest absolute Gasteiger partial charge is 0.478 e. The van der Waals surface area contributed by atoms with Crippen molar-refractivity contribution in [3.63, 3.8) is 0 Å². The van der Waals surface area contributed by atoms with Gasteiger partial charge in [-0.2, -0.15) is 0 Å². The van der Waals surface area contributed by atoms with E-state index in [2.05, 4.69) is 10.3 Å². The van der Waals surface area contributed by atoms with Gasteiger partial charge in [-0.3, -0.25) is 4.98 Å². The quantitative estimate of drug-likeness (QED) is 0.714. The number of nitrogens with two attached hydrogens (primary N) is 1. The first-order chi connectivity index (χ1) is 8.66. The van der Waals surface area contributed by atoms with E-state index in [1.165, 1.54) is 12.1 Å². The molecule has 0 radical (unpaired) electrons. The van der Waals surface area contributed by atoms with Crippen LogP contribution < -0.4 is 11.1 Å². The molecule has 2 aromatic rings. The second-order valence-electron chi connectivity index (χ2n) is 3.78. The molecular formula is C13H13N3O2. The molecule has 92 valence electrons. The summed E-state index contributed by atoms with van der Waals surface area (Å²) in [5.74, 6) is -0.988. The van der Waals surface area contributed by atoms with Crippen LogP contribution in [0.1, 0.15) is 16.1 Å². The molecule has 0 spiro atoms. The molecule has 1 aromatic carbocycles. The first-order valence-electron chi connectivity index (χ1n) is 5.43. The molecule has 0 aliphatic carbocycles. The molecule has 18 heavy (non-hydrogen) atoms. The summed E-state index contributed by atoms with van der Waals surface area (Å²) >= 11 is 0. The van der Waals surface area contributed by atoms with E-state index in [1.54, 1.807) is 12.3 Å². The summed E-state index contributed by atoms with van der Waals surface area (Å²) in [7, 11) is 0. The number of nitrogens with zero attached hydrogens (tertiary/aromatic N) is 1. The molecular weight excluding hydrogens is 230 g/mol. The average Bonchev–Trinajstić information content (AvgIpc) is 2.38. The Balaban J connectivity index is 2.08. The van der Waals surface area contributed by atoms with E-state index in [1.807, 2.05) is 18.2 Å². The Bertz CT molecular complexity index is 555. The van der Waals surface area contributed by atoms with Crippen LogP contribution >= 0.6 is 0 Å². The van der Waals surface area contributed by atoms with Gasteiger partial charge in [0.2, 0.25) is 0 Å². The molecule has 0 bridgehead atoms. The van der Waals surface area contributed by atoms with Crippen LogP contribution in [0.3, 0.4) is 0 Å². The third-order valence-corrected chi connectivity index (χ3v) is 2.48. The summed E-state index contributed by atoms with van der Waals surface area (Å²) in [6.07, 6.45) is 1.72. The molecule has 5 heteroatoms. The SMILES string of the molecule is Nc1cc(C(=O)O)ccc1NCc1ccccn1. The van der Waals surface area contributed by atoms with Crippen molar-refractivity contribution < 1.29 is 9.90 Å². The van der Waals surface area contributed by atoms with Gasteiger partial charge in [-0.15, -0.1) is 0 Å². The third-order valence-electron chi connectivity index (χ3n) is 2.48. The van der Waals surface area contributed by atoms with Gasteiger partial charge < -0.3 is 16.2 Å². The van der Waals surface area contributed by atoms with Gasteiger partial charge >= 0.3 is 5.97 Å². The van der Waals surface area contributed by atoms with Crippen molar-refractivity contribution in [3.05, 3.63) is 53.9 Å². The molecule has 2 rings (SSSR count). The van der Waals surface area contributed by atoms with Gasteiger partial charge in [0, 0.05) is 6.20 Å². The summed E-state index contributed by atoms with van der Waals surface area (Å²) in [5.41, 5.74) is 7.95. The van der Waals surface area contributed by atoms with Crippen LogP contribution in [0.5, 0.6) is 0 Å². The Kier molecular flexibility index (Phi) is 3.43. The first kappa shape index (κ1) is 11.9. The smallest absolute Gasteiger partial charge is 0.335 e. The van der Waals surface area contributed by atoms with Crippen LogP contribution in [-0.2, 0) is 6.54 Å². The van der Waals surface area contributed by atoms with Gasteiger partial charge in [0.25, 0.3) is 0 Å². The zero-order chi connectivity index (χ0) is 13.0. The van der Waals surface area contributed by atoms with Crippen LogP contribution in [-0.4, -0.2) is 16.1 Å². The van der Waals surface area contributed by atoms with Crippen LogP contribution in [0, 0.1) is 0 Å². The molecule has 1 aromatic heterocycles. The number of aromatic nitrogens is 1. The van der Waals surface area contributed by atoms with Crippen molar-refractivity contribution >= 4 is 17.3 Å². The highest BCUT2D eigenvalue weighted by atomic mass is 16.4. The minimum absolute atomic E-state index is 0.177. The van der Waals surface area contributed by atoms with Gasteiger partial charge in [0.05, 0.1) is 29.2 Å². The normalized spacial score (nSPS) is 10.0. The number of rotatable bonds is 4. The van der Waals surface area contributed by atoms with E-state index in [-0.39, 0.29) is 5.56 Å². The number of hydrogen-bond acceptors (Lipinski definition) is 4. The number of benzene rings is 1. The lowest BCUT2D eigenvalue weighted by Crippen LogP contribution is -2.05. The van der Waals surface area contributed by atoms with E-state index < -0.39 is 5.97 Å². The first-order valence-corrected chi connectivity index (χ1v) is 5.43. The number of carboxylic acid groups (broad SMARTS) is 1. The van der Waals surface area contributed by atoms with E-state index in [9.17, 15) is 4.79 Å². The van der Waals surface area contributed by atoms with Crippen molar-refractivity contribution in [2.45, 2.75) is 6.54 Å². The highest BCUT2D eigenvalue weighted by Crippen LogP contribution is 2.20. The van der Waals surface area contributed by atoms with Gasteiger partial charge in [-0.05, 0) is 30.3 Å². The van der Waals surface area contributed by atoms with Crippen molar-refractivity contribution in [1.29, 1.82) is 0 Å². The minimum Gasteiger partial charge on any atom is -0.478 e. The van der Waals surface area contributed by atoms with Crippen LogP contribution in [0.15, 0.2) is 42.6 Å². The van der Waals surface area contributed by atoms with Gasteiger partial charge in [-0.1, -0.05) is 6.07 Å². The van der Waals surface area contributed by atoms with Crippen molar-refractivity contribution in [1.82, 2.24) is 4.98 Å². The van der Waals surface area contributed by atoms with Gasteiger partial charge in [-0.25, -0.2) is 4.79 Å². The Labute approximate surface area is 104 Å². The summed E-state index contributed by atoms with van der Waals surface area (Å²) in [4.78, 5) is 14.9. The molecule has 0 fully saturated rings. The molecule has 1 heterocycles. The molecule has 0 saturated carbocycles. The molecule has 0 saturated heterocycles. The number of nitrogen functional groups attached to an aromatic ring is 1. The number of hydrogen-bond donors (Lipinski definition) is 3. The molecule has 0 aliphatic heterocycles. The van der Waals surface area contributed by atoms with Gasteiger partial charge in [0.15, 0.2) is 0 Å². The molecule has 0 amide bonds. The standard InChI is InChI=1S/C13H13N3O2/c14-11-7-9(13(17)18)4-5-12(11)16-8-10-3-1-2-6-15-10/h1-7,16H,8,14H2,(H,17,18). The fourth-order valence-corrected chi connectivity index (χ4v) is 1.55. The third kappa shape index (κ3) is 2.76. The molecule has 0 atom stereocenters. The maximum Gasteiger partial charge on any atom is 0.335 e.